The maximum absolute atomic E-state index is 11.2. The average molecular weight is 444 g/mol. The molecule has 6 aromatic rings. The first kappa shape index (κ1) is 20.0. The Morgan fingerprint density at radius 3 is 1.85 bits per heavy atom. The Bertz CT molecular complexity index is 1640. The molecule has 0 N–H and O–H groups in total. The molecule has 164 valence electrons. The molecule has 0 heterocycles. The maximum Gasteiger partial charge on any atom is 0.269 e. The molecule has 5 nitrogen and oxygen atoms in total. The van der Waals surface area contributed by atoms with Crippen molar-refractivity contribution in [3.63, 3.8) is 0 Å². The van der Waals surface area contributed by atoms with Crippen LogP contribution in [0.5, 0.6) is 5.75 Å². The molecule has 0 aromatic heterocycles. The van der Waals surface area contributed by atoms with E-state index in [2.05, 4.69) is 59.5 Å². The lowest BCUT2D eigenvalue weighted by Crippen LogP contribution is -2.10. The molecule has 0 aliphatic carbocycles. The summed E-state index contributed by atoms with van der Waals surface area (Å²) in [7, 11) is 1.64. The van der Waals surface area contributed by atoms with Crippen LogP contribution in [0.4, 0.5) is 22.7 Å². The van der Waals surface area contributed by atoms with Crippen LogP contribution in [-0.4, -0.2) is 12.0 Å². The van der Waals surface area contributed by atoms with Gasteiger partial charge < -0.3 is 9.64 Å². The number of nitro groups is 1. The molecule has 0 unspecified atom stereocenters. The lowest BCUT2D eigenvalue weighted by atomic mass is 9.93. The molecule has 5 heteroatoms. The number of methoxy groups -OCH3 is 1. The number of benzene rings is 6. The summed E-state index contributed by atoms with van der Waals surface area (Å²) in [5.41, 5.74) is 2.84. The second kappa shape index (κ2) is 7.74. The molecule has 34 heavy (non-hydrogen) atoms. The van der Waals surface area contributed by atoms with Gasteiger partial charge in [-0.2, -0.15) is 0 Å². The Kier molecular flexibility index (Phi) is 4.56. The number of non-ortho nitro benzene ring substituents is 1. The maximum atomic E-state index is 11.2. The molecule has 0 aliphatic heterocycles. The van der Waals surface area contributed by atoms with Crippen LogP contribution in [0.1, 0.15) is 0 Å². The zero-order valence-corrected chi connectivity index (χ0v) is 18.4. The highest BCUT2D eigenvalue weighted by molar-refractivity contribution is 6.25. The first-order chi connectivity index (χ1) is 16.6. The average Bonchev–Trinajstić information content (AvgIpc) is 2.89. The smallest absolute Gasteiger partial charge is 0.269 e. The molecule has 0 atom stereocenters. The summed E-state index contributed by atoms with van der Waals surface area (Å²) in [4.78, 5) is 13.0. The van der Waals surface area contributed by atoms with Crippen molar-refractivity contribution in [3.05, 3.63) is 113 Å². The van der Waals surface area contributed by atoms with Crippen molar-refractivity contribution in [2.75, 3.05) is 12.0 Å². The minimum atomic E-state index is -0.377. The van der Waals surface area contributed by atoms with Crippen molar-refractivity contribution in [2.45, 2.75) is 0 Å². The van der Waals surface area contributed by atoms with E-state index in [1.165, 1.54) is 26.9 Å². The third-order valence-electron chi connectivity index (χ3n) is 6.40. The Hall–Kier alpha value is -4.64. The Balaban J connectivity index is 1.64. The molecule has 6 aromatic carbocycles. The van der Waals surface area contributed by atoms with Crippen LogP contribution in [0.3, 0.4) is 0 Å². The largest absolute Gasteiger partial charge is 0.497 e. The Morgan fingerprint density at radius 2 is 1.24 bits per heavy atom. The van der Waals surface area contributed by atoms with Gasteiger partial charge in [0.05, 0.1) is 17.7 Å². The summed E-state index contributed by atoms with van der Waals surface area (Å²) in [6.45, 7) is 0. The van der Waals surface area contributed by atoms with E-state index in [9.17, 15) is 10.1 Å². The molecule has 0 bridgehead atoms. The Morgan fingerprint density at radius 1 is 0.676 bits per heavy atom. The highest BCUT2D eigenvalue weighted by Gasteiger charge is 2.19. The lowest BCUT2D eigenvalue weighted by molar-refractivity contribution is -0.384. The molecule has 0 radical (unpaired) electrons. The molecule has 0 saturated carbocycles. The van der Waals surface area contributed by atoms with Gasteiger partial charge in [0.25, 0.3) is 5.69 Å². The summed E-state index contributed by atoms with van der Waals surface area (Å²) in [6.07, 6.45) is 0. The third kappa shape index (κ3) is 3.10. The van der Waals surface area contributed by atoms with E-state index < -0.39 is 0 Å². The van der Waals surface area contributed by atoms with Gasteiger partial charge in [-0.1, -0.05) is 48.5 Å². The fourth-order valence-corrected chi connectivity index (χ4v) is 4.80. The second-order valence-corrected chi connectivity index (χ2v) is 8.25. The monoisotopic (exact) mass is 444 g/mol. The van der Waals surface area contributed by atoms with Crippen LogP contribution in [0, 0.1) is 10.1 Å². The topological polar surface area (TPSA) is 55.6 Å². The van der Waals surface area contributed by atoms with Crippen molar-refractivity contribution in [1.29, 1.82) is 0 Å². The van der Waals surface area contributed by atoms with Crippen LogP contribution < -0.4 is 9.64 Å². The van der Waals surface area contributed by atoms with Crippen molar-refractivity contribution < 1.29 is 9.66 Å². The number of nitrogens with zero attached hydrogens (tertiary/aromatic N) is 2. The molecule has 0 fully saturated rings. The van der Waals surface area contributed by atoms with E-state index >= 15 is 0 Å². The van der Waals surface area contributed by atoms with Gasteiger partial charge in [0, 0.05) is 28.9 Å². The quantitative estimate of drug-likeness (QED) is 0.154. The lowest BCUT2D eigenvalue weighted by Gasteiger charge is -2.27. The summed E-state index contributed by atoms with van der Waals surface area (Å²) in [5, 5.41) is 18.4. The normalized spacial score (nSPS) is 11.3. The predicted octanol–water partition coefficient (Wildman–Crippen LogP) is 7.97. The van der Waals surface area contributed by atoms with Gasteiger partial charge in [0.2, 0.25) is 0 Å². The van der Waals surface area contributed by atoms with Gasteiger partial charge in [0.15, 0.2) is 0 Å². The van der Waals surface area contributed by atoms with Gasteiger partial charge in [-0.25, -0.2) is 0 Å². The first-order valence-corrected chi connectivity index (χ1v) is 11.0. The third-order valence-corrected chi connectivity index (χ3v) is 6.40. The van der Waals surface area contributed by atoms with Gasteiger partial charge in [0.1, 0.15) is 5.75 Å². The van der Waals surface area contributed by atoms with Crippen molar-refractivity contribution >= 4 is 55.1 Å². The summed E-state index contributed by atoms with van der Waals surface area (Å²) in [5.74, 6) is 0.766. The number of anilines is 3. The number of hydrogen-bond acceptors (Lipinski definition) is 4. The van der Waals surface area contributed by atoms with Gasteiger partial charge in [-0.15, -0.1) is 0 Å². The number of rotatable bonds is 5. The number of hydrogen-bond donors (Lipinski definition) is 0. The minimum absolute atomic E-state index is 0.0637. The van der Waals surface area contributed by atoms with Gasteiger partial charge in [-0.05, 0) is 69.4 Å². The fourth-order valence-electron chi connectivity index (χ4n) is 4.80. The van der Waals surface area contributed by atoms with E-state index in [-0.39, 0.29) is 10.6 Å². The SMILES string of the molecule is COc1ccc(N(c2ccc([N+](=O)[O-])cc2)c2ccc3ccc4cccc5ccc2c3c45)cc1. The van der Waals surface area contributed by atoms with E-state index in [4.69, 9.17) is 4.74 Å². The molecule has 0 saturated heterocycles. The highest BCUT2D eigenvalue weighted by Crippen LogP contribution is 2.44. The minimum Gasteiger partial charge on any atom is -0.497 e. The van der Waals surface area contributed by atoms with Gasteiger partial charge in [-0.3, -0.25) is 10.1 Å². The van der Waals surface area contributed by atoms with Crippen LogP contribution >= 0.6 is 0 Å². The van der Waals surface area contributed by atoms with Crippen molar-refractivity contribution in [3.8, 4) is 5.75 Å². The molecular weight excluding hydrogens is 424 g/mol. The van der Waals surface area contributed by atoms with Crippen molar-refractivity contribution in [1.82, 2.24) is 0 Å². The molecule has 0 spiro atoms. The summed E-state index contributed by atoms with van der Waals surface area (Å²) in [6, 6.07) is 33.8. The van der Waals surface area contributed by atoms with Crippen molar-refractivity contribution in [2.24, 2.45) is 0 Å². The Labute approximate surface area is 195 Å². The summed E-state index contributed by atoms with van der Waals surface area (Å²) < 4.78 is 5.36. The number of ether oxygens (including phenoxy) is 1. The zero-order valence-electron chi connectivity index (χ0n) is 18.4. The van der Waals surface area contributed by atoms with E-state index in [1.807, 2.05) is 24.3 Å². The zero-order chi connectivity index (χ0) is 23.2. The van der Waals surface area contributed by atoms with Crippen LogP contribution in [-0.2, 0) is 0 Å². The fraction of sp³-hybridized carbons (Fsp3) is 0.0345. The molecule has 0 amide bonds. The van der Waals surface area contributed by atoms with Crippen LogP contribution in [0.2, 0.25) is 0 Å². The predicted molar refractivity (Wildman–Crippen MR) is 138 cm³/mol. The molecular formula is C29H20N2O3. The van der Waals surface area contributed by atoms with E-state index in [0.29, 0.717) is 0 Å². The number of nitro benzene ring substituents is 1. The van der Waals surface area contributed by atoms with E-state index in [1.54, 1.807) is 31.4 Å². The van der Waals surface area contributed by atoms with E-state index in [0.717, 1.165) is 28.2 Å². The summed E-state index contributed by atoms with van der Waals surface area (Å²) >= 11 is 0. The van der Waals surface area contributed by atoms with Crippen LogP contribution in [0.25, 0.3) is 32.3 Å². The second-order valence-electron chi connectivity index (χ2n) is 8.25. The van der Waals surface area contributed by atoms with Crippen LogP contribution in [0.15, 0.2) is 103 Å². The highest BCUT2D eigenvalue weighted by atomic mass is 16.6. The van der Waals surface area contributed by atoms with Gasteiger partial charge >= 0.3 is 0 Å². The molecule has 6 rings (SSSR count). The standard InChI is InChI=1S/C29H20N2O3/c1-34-25-15-13-23(14-16-25)30(22-9-11-24(12-10-22)31(32)33)27-18-8-21-6-5-19-3-2-4-20-7-17-26(27)29(21)28(19)20/h2-18H,1H3. The first-order valence-electron chi connectivity index (χ1n) is 11.0. The molecule has 0 aliphatic rings.